The molecule has 1 aromatic rings. The highest BCUT2D eigenvalue weighted by molar-refractivity contribution is 8.02. The SMILES string of the molecule is CC1(C)S[C@@H]2[C@H](NC(=O)C(NC(=O)[C@H](N)c3ccccc3)[C@@H]3N[C@@H](C(=O)O)C(C)(C)S3)C(=O)N2[C@H]1C(=O)O. The van der Waals surface area contributed by atoms with Gasteiger partial charge in [-0.1, -0.05) is 30.3 Å². The molecule has 12 nitrogen and oxygen atoms in total. The van der Waals surface area contributed by atoms with Gasteiger partial charge in [-0.05, 0) is 33.3 Å². The second kappa shape index (κ2) is 10.1. The summed E-state index contributed by atoms with van der Waals surface area (Å²) in [5.41, 5.74) is 6.66. The van der Waals surface area contributed by atoms with E-state index in [1.54, 1.807) is 58.0 Å². The first-order valence-corrected chi connectivity index (χ1v) is 13.7. The van der Waals surface area contributed by atoms with Gasteiger partial charge in [0.25, 0.3) is 0 Å². The van der Waals surface area contributed by atoms with Crippen molar-refractivity contribution >= 4 is 53.2 Å². The first-order chi connectivity index (χ1) is 17.7. The summed E-state index contributed by atoms with van der Waals surface area (Å²) in [6.07, 6.45) is 0. The van der Waals surface area contributed by atoms with E-state index in [-0.39, 0.29) is 0 Å². The zero-order valence-corrected chi connectivity index (χ0v) is 22.8. The maximum absolute atomic E-state index is 13.6. The number of aliphatic carboxylic acids is 2. The number of rotatable bonds is 8. The Morgan fingerprint density at radius 2 is 1.63 bits per heavy atom. The number of carboxylic acid groups (broad SMARTS) is 2. The van der Waals surface area contributed by atoms with Crippen LogP contribution in [-0.4, -0.2) is 89.2 Å². The van der Waals surface area contributed by atoms with Gasteiger partial charge in [-0.25, -0.2) is 4.79 Å². The summed E-state index contributed by atoms with van der Waals surface area (Å²) < 4.78 is -1.59. The highest BCUT2D eigenvalue weighted by Gasteiger charge is 2.64. The molecule has 0 bridgehead atoms. The predicted molar refractivity (Wildman–Crippen MR) is 141 cm³/mol. The van der Waals surface area contributed by atoms with Crippen molar-refractivity contribution in [1.29, 1.82) is 0 Å². The number of thioether (sulfide) groups is 2. The van der Waals surface area contributed by atoms with E-state index in [0.29, 0.717) is 5.56 Å². The van der Waals surface area contributed by atoms with Crippen molar-refractivity contribution in [2.75, 3.05) is 0 Å². The van der Waals surface area contributed by atoms with Gasteiger partial charge < -0.3 is 31.5 Å². The van der Waals surface area contributed by atoms with Crippen molar-refractivity contribution < 1.29 is 34.2 Å². The van der Waals surface area contributed by atoms with Gasteiger partial charge in [0.1, 0.15) is 35.6 Å². The first-order valence-electron chi connectivity index (χ1n) is 12.0. The van der Waals surface area contributed by atoms with Crippen LogP contribution in [0, 0.1) is 0 Å². The van der Waals surface area contributed by atoms with E-state index in [0.717, 1.165) is 0 Å². The number of carbonyl (C=O) groups is 5. The molecule has 0 aromatic heterocycles. The largest absolute Gasteiger partial charge is 0.480 e. The van der Waals surface area contributed by atoms with E-state index in [9.17, 15) is 34.2 Å². The number of nitrogens with two attached hydrogens (primary N) is 1. The molecule has 7 N–H and O–H groups in total. The average molecular weight is 566 g/mol. The highest BCUT2D eigenvalue weighted by Crippen LogP contribution is 2.50. The minimum atomic E-state index is -1.28. The van der Waals surface area contributed by atoms with Crippen molar-refractivity contribution in [2.45, 2.75) is 78.1 Å². The van der Waals surface area contributed by atoms with Crippen molar-refractivity contribution in [3.63, 3.8) is 0 Å². The molecule has 0 saturated carbocycles. The Balaban J connectivity index is 1.55. The molecular weight excluding hydrogens is 534 g/mol. The zero-order valence-electron chi connectivity index (χ0n) is 21.2. The van der Waals surface area contributed by atoms with Gasteiger partial charge in [-0.2, -0.15) is 0 Å². The molecule has 4 rings (SSSR count). The number of amides is 3. The zero-order chi connectivity index (χ0) is 28.2. The smallest absolute Gasteiger partial charge is 0.327 e. The maximum atomic E-state index is 13.6. The molecule has 3 heterocycles. The Bertz CT molecular complexity index is 1160. The molecule has 0 spiro atoms. The van der Waals surface area contributed by atoms with Gasteiger partial charge >= 0.3 is 11.9 Å². The molecule has 0 aliphatic carbocycles. The van der Waals surface area contributed by atoms with Crippen molar-refractivity contribution in [1.82, 2.24) is 20.9 Å². The quantitative estimate of drug-likeness (QED) is 0.227. The van der Waals surface area contributed by atoms with Gasteiger partial charge in [-0.3, -0.25) is 24.5 Å². The highest BCUT2D eigenvalue weighted by atomic mass is 32.2. The minimum absolute atomic E-state index is 0.522. The average Bonchev–Trinajstić information content (AvgIpc) is 3.30. The standard InChI is InChI=1S/C24H31N5O7S2/c1-23(2)14(21(33)34)28-18(37-23)12(26-16(30)11(25)10-8-6-5-7-9-10)17(31)27-13-19(32)29-15(22(35)36)24(3,4)38-20(13)29/h5-9,11-15,18,20,28H,25H2,1-4H3,(H,26,30)(H,27,31)(H,33,34)(H,35,36)/t11-,12?,13-,14+,15+,18-,20-/m1/s1. The molecule has 14 heteroatoms. The molecule has 3 saturated heterocycles. The maximum Gasteiger partial charge on any atom is 0.327 e. The Kier molecular flexibility index (Phi) is 7.47. The minimum Gasteiger partial charge on any atom is -0.480 e. The Labute approximate surface area is 227 Å². The molecule has 3 aliphatic rings. The molecule has 0 radical (unpaired) electrons. The summed E-state index contributed by atoms with van der Waals surface area (Å²) in [7, 11) is 0. The van der Waals surface area contributed by atoms with Crippen LogP contribution in [0.25, 0.3) is 0 Å². The summed E-state index contributed by atoms with van der Waals surface area (Å²) in [5.74, 6) is -4.13. The van der Waals surface area contributed by atoms with Crippen molar-refractivity contribution in [3.8, 4) is 0 Å². The lowest BCUT2D eigenvalue weighted by molar-refractivity contribution is -0.161. The fourth-order valence-corrected chi connectivity index (χ4v) is 8.17. The molecule has 3 aliphatic heterocycles. The van der Waals surface area contributed by atoms with Gasteiger partial charge in [0, 0.05) is 9.49 Å². The fourth-order valence-electron chi connectivity index (χ4n) is 5.05. The van der Waals surface area contributed by atoms with Crippen LogP contribution in [0.5, 0.6) is 0 Å². The van der Waals surface area contributed by atoms with Gasteiger partial charge in [0.15, 0.2) is 0 Å². The molecule has 1 unspecified atom stereocenters. The molecule has 206 valence electrons. The number of nitrogens with one attached hydrogen (secondary N) is 3. The molecular formula is C24H31N5O7S2. The Morgan fingerprint density at radius 1 is 1.00 bits per heavy atom. The van der Waals surface area contributed by atoms with Crippen LogP contribution in [0.2, 0.25) is 0 Å². The second-order valence-corrected chi connectivity index (χ2v) is 14.1. The van der Waals surface area contributed by atoms with E-state index in [1.807, 2.05) is 0 Å². The van der Waals surface area contributed by atoms with Crippen LogP contribution >= 0.6 is 23.5 Å². The van der Waals surface area contributed by atoms with E-state index in [1.165, 1.54) is 28.4 Å². The first kappa shape index (κ1) is 28.2. The number of carbonyl (C=O) groups excluding carboxylic acids is 3. The van der Waals surface area contributed by atoms with Gasteiger partial charge in [0.05, 0.1) is 5.37 Å². The lowest BCUT2D eigenvalue weighted by Gasteiger charge is -2.44. The second-order valence-electron chi connectivity index (χ2n) is 10.5. The number of carboxylic acids is 2. The Hall–Kier alpha value is -2.81. The molecule has 3 fully saturated rings. The molecule has 7 atom stereocenters. The molecule has 38 heavy (non-hydrogen) atoms. The fraction of sp³-hybridized carbons (Fsp3) is 0.542. The lowest BCUT2D eigenvalue weighted by atomic mass is 9.96. The van der Waals surface area contributed by atoms with E-state index >= 15 is 0 Å². The molecule has 1 aromatic carbocycles. The topological polar surface area (TPSA) is 191 Å². The van der Waals surface area contributed by atoms with Crippen molar-refractivity contribution in [2.24, 2.45) is 5.73 Å². The third-order valence-electron chi connectivity index (χ3n) is 7.00. The Morgan fingerprint density at radius 3 is 2.18 bits per heavy atom. The van der Waals surface area contributed by atoms with Gasteiger partial charge in [-0.15, -0.1) is 23.5 Å². The normalized spacial score (nSPS) is 30.5. The van der Waals surface area contributed by atoms with Crippen LogP contribution in [-0.2, 0) is 24.0 Å². The number of β-lactam (4-membered cyclic amide) rings is 1. The number of nitrogens with zero attached hydrogens (tertiary/aromatic N) is 1. The van der Waals surface area contributed by atoms with E-state index in [4.69, 9.17) is 5.73 Å². The van der Waals surface area contributed by atoms with Crippen molar-refractivity contribution in [3.05, 3.63) is 35.9 Å². The third-order valence-corrected chi connectivity index (χ3v) is 10.1. The predicted octanol–water partition coefficient (Wildman–Crippen LogP) is -0.303. The number of benzene rings is 1. The summed E-state index contributed by atoms with van der Waals surface area (Å²) >= 11 is 2.46. The van der Waals surface area contributed by atoms with E-state index in [2.05, 4.69) is 16.0 Å². The monoisotopic (exact) mass is 565 g/mol. The summed E-state index contributed by atoms with van der Waals surface area (Å²) in [6.45, 7) is 6.88. The van der Waals surface area contributed by atoms with Crippen LogP contribution in [0.4, 0.5) is 0 Å². The summed E-state index contributed by atoms with van der Waals surface area (Å²) in [5, 5.41) is 26.1. The number of hydrogen-bond donors (Lipinski definition) is 6. The lowest BCUT2D eigenvalue weighted by Crippen LogP contribution is -2.72. The van der Waals surface area contributed by atoms with Crippen LogP contribution in [0.3, 0.4) is 0 Å². The summed E-state index contributed by atoms with van der Waals surface area (Å²) in [6, 6.07) is 3.15. The van der Waals surface area contributed by atoms with Crippen LogP contribution in [0.1, 0.15) is 39.3 Å². The van der Waals surface area contributed by atoms with Crippen LogP contribution in [0.15, 0.2) is 30.3 Å². The third kappa shape index (κ3) is 4.97. The van der Waals surface area contributed by atoms with Crippen LogP contribution < -0.4 is 21.7 Å². The number of hydrogen-bond acceptors (Lipinski definition) is 9. The van der Waals surface area contributed by atoms with E-state index < -0.39 is 80.1 Å². The van der Waals surface area contributed by atoms with Gasteiger partial charge in [0.2, 0.25) is 17.7 Å². The number of fused-ring (bicyclic) bond motifs is 1. The molecule has 3 amide bonds. The summed E-state index contributed by atoms with van der Waals surface area (Å²) in [4.78, 5) is 64.5.